The van der Waals surface area contributed by atoms with Crippen LogP contribution in [0.3, 0.4) is 0 Å². The number of hydrogen-bond donors (Lipinski definition) is 1. The molecule has 0 bridgehead atoms. The molecule has 3 nitrogen and oxygen atoms in total. The molecule has 1 saturated carbocycles. The lowest BCUT2D eigenvalue weighted by atomic mass is 10.2. The number of carbonyl (C=O) groups excluding carboxylic acids is 1. The summed E-state index contributed by atoms with van der Waals surface area (Å²) in [5.41, 5.74) is 1.35. The molecule has 0 spiro atoms. The molecular formula is C10H11ClN2O. The predicted octanol–water partition coefficient (Wildman–Crippen LogP) is 1.94. The van der Waals surface area contributed by atoms with E-state index in [-0.39, 0.29) is 5.91 Å². The fraction of sp³-hybridized carbons (Fsp3) is 0.400. The maximum absolute atomic E-state index is 11.6. The average molecular weight is 211 g/mol. The summed E-state index contributed by atoms with van der Waals surface area (Å²) < 4.78 is 0. The molecule has 74 valence electrons. The summed E-state index contributed by atoms with van der Waals surface area (Å²) in [6.07, 6.45) is 2.17. The van der Waals surface area contributed by atoms with Crippen LogP contribution in [0.25, 0.3) is 0 Å². The van der Waals surface area contributed by atoms with Gasteiger partial charge in [-0.15, -0.1) is 0 Å². The predicted molar refractivity (Wildman–Crippen MR) is 54.5 cm³/mol. The third-order valence-corrected chi connectivity index (χ3v) is 2.29. The van der Waals surface area contributed by atoms with Crippen molar-refractivity contribution >= 4 is 17.5 Å². The van der Waals surface area contributed by atoms with Crippen molar-refractivity contribution in [2.75, 3.05) is 0 Å². The lowest BCUT2D eigenvalue weighted by Gasteiger charge is -2.04. The Kier molecular flexibility index (Phi) is 2.42. The molecule has 1 aliphatic carbocycles. The van der Waals surface area contributed by atoms with E-state index in [4.69, 9.17) is 11.6 Å². The number of nitrogens with one attached hydrogen (secondary N) is 1. The highest BCUT2D eigenvalue weighted by atomic mass is 35.5. The van der Waals surface area contributed by atoms with Gasteiger partial charge in [-0.3, -0.25) is 4.79 Å². The van der Waals surface area contributed by atoms with Crippen LogP contribution in [0.15, 0.2) is 12.1 Å². The molecule has 1 heterocycles. The van der Waals surface area contributed by atoms with Gasteiger partial charge in [0.25, 0.3) is 5.91 Å². The standard InChI is InChI=1S/C10H11ClN2O/c1-6-4-7(5-9(11)12-6)10(14)13-8-2-3-8/h4-5,8H,2-3H2,1H3,(H,13,14). The lowest BCUT2D eigenvalue weighted by molar-refractivity contribution is 0.0951. The third kappa shape index (κ3) is 2.23. The Morgan fingerprint density at radius 1 is 1.57 bits per heavy atom. The monoisotopic (exact) mass is 210 g/mol. The zero-order chi connectivity index (χ0) is 10.1. The van der Waals surface area contributed by atoms with Gasteiger partial charge >= 0.3 is 0 Å². The van der Waals surface area contributed by atoms with E-state index in [1.165, 1.54) is 0 Å². The zero-order valence-corrected chi connectivity index (χ0v) is 8.64. The van der Waals surface area contributed by atoms with E-state index in [2.05, 4.69) is 10.3 Å². The molecule has 0 atom stereocenters. The first kappa shape index (κ1) is 9.46. The molecule has 1 aliphatic rings. The summed E-state index contributed by atoms with van der Waals surface area (Å²) in [7, 11) is 0. The van der Waals surface area contributed by atoms with Gasteiger partial charge in [-0.05, 0) is 31.9 Å². The van der Waals surface area contributed by atoms with Crippen molar-refractivity contribution in [1.82, 2.24) is 10.3 Å². The first-order chi connectivity index (χ1) is 6.65. The van der Waals surface area contributed by atoms with Crippen molar-refractivity contribution in [1.29, 1.82) is 0 Å². The average Bonchev–Trinajstić information content (AvgIpc) is 2.86. The minimum absolute atomic E-state index is 0.0556. The number of carbonyl (C=O) groups is 1. The Bertz CT molecular complexity index is 354. The maximum atomic E-state index is 11.6. The van der Waals surface area contributed by atoms with Crippen molar-refractivity contribution in [3.05, 3.63) is 28.5 Å². The van der Waals surface area contributed by atoms with Crippen molar-refractivity contribution in [3.63, 3.8) is 0 Å². The molecular weight excluding hydrogens is 200 g/mol. The van der Waals surface area contributed by atoms with Gasteiger partial charge in [-0.25, -0.2) is 4.98 Å². The summed E-state index contributed by atoms with van der Waals surface area (Å²) >= 11 is 5.76. The van der Waals surface area contributed by atoms with Crippen LogP contribution < -0.4 is 5.32 Å². The zero-order valence-electron chi connectivity index (χ0n) is 7.88. The SMILES string of the molecule is Cc1cc(C(=O)NC2CC2)cc(Cl)n1. The number of amides is 1. The fourth-order valence-electron chi connectivity index (χ4n) is 1.26. The topological polar surface area (TPSA) is 42.0 Å². The van der Waals surface area contributed by atoms with Crippen LogP contribution in [0.4, 0.5) is 0 Å². The first-order valence-electron chi connectivity index (χ1n) is 4.60. The minimum Gasteiger partial charge on any atom is -0.349 e. The third-order valence-electron chi connectivity index (χ3n) is 2.10. The number of halogens is 1. The minimum atomic E-state index is -0.0556. The second kappa shape index (κ2) is 3.58. The Balaban J connectivity index is 2.17. The largest absolute Gasteiger partial charge is 0.349 e. The van der Waals surface area contributed by atoms with Gasteiger partial charge < -0.3 is 5.32 Å². The van der Waals surface area contributed by atoms with E-state index in [1.807, 2.05) is 6.92 Å². The molecule has 1 fully saturated rings. The van der Waals surface area contributed by atoms with E-state index < -0.39 is 0 Å². The maximum Gasteiger partial charge on any atom is 0.251 e. The summed E-state index contributed by atoms with van der Waals surface area (Å²) in [6, 6.07) is 3.70. The Hall–Kier alpha value is -1.09. The highest BCUT2D eigenvalue weighted by Crippen LogP contribution is 2.19. The molecule has 0 aromatic carbocycles. The van der Waals surface area contributed by atoms with E-state index in [9.17, 15) is 4.79 Å². The summed E-state index contributed by atoms with van der Waals surface area (Å²) in [6.45, 7) is 1.82. The molecule has 0 radical (unpaired) electrons. The van der Waals surface area contributed by atoms with Gasteiger partial charge in [-0.2, -0.15) is 0 Å². The van der Waals surface area contributed by atoms with Crippen molar-refractivity contribution in [2.45, 2.75) is 25.8 Å². The number of aromatic nitrogens is 1. The van der Waals surface area contributed by atoms with Gasteiger partial charge in [0.1, 0.15) is 5.15 Å². The number of pyridine rings is 1. The number of rotatable bonds is 2. The van der Waals surface area contributed by atoms with E-state index in [1.54, 1.807) is 12.1 Å². The highest BCUT2D eigenvalue weighted by Gasteiger charge is 2.23. The summed E-state index contributed by atoms with van der Waals surface area (Å²) in [5.74, 6) is -0.0556. The highest BCUT2D eigenvalue weighted by molar-refractivity contribution is 6.29. The van der Waals surface area contributed by atoms with Crippen LogP contribution in [0.5, 0.6) is 0 Å². The second-order valence-electron chi connectivity index (χ2n) is 3.57. The normalized spacial score (nSPS) is 15.3. The fourth-order valence-corrected chi connectivity index (χ4v) is 1.51. The van der Waals surface area contributed by atoms with Crippen LogP contribution in [-0.2, 0) is 0 Å². The van der Waals surface area contributed by atoms with Crippen LogP contribution in [-0.4, -0.2) is 16.9 Å². The van der Waals surface area contributed by atoms with Crippen LogP contribution in [0, 0.1) is 6.92 Å². The number of nitrogens with zero attached hydrogens (tertiary/aromatic N) is 1. The molecule has 4 heteroatoms. The molecule has 1 amide bonds. The lowest BCUT2D eigenvalue weighted by Crippen LogP contribution is -2.25. The quantitative estimate of drug-likeness (QED) is 0.758. The van der Waals surface area contributed by atoms with E-state index in [0.29, 0.717) is 16.8 Å². The molecule has 0 unspecified atom stereocenters. The van der Waals surface area contributed by atoms with Gasteiger partial charge in [-0.1, -0.05) is 11.6 Å². The van der Waals surface area contributed by atoms with E-state index in [0.717, 1.165) is 18.5 Å². The van der Waals surface area contributed by atoms with Gasteiger partial charge in [0.05, 0.1) is 0 Å². The van der Waals surface area contributed by atoms with Crippen molar-refractivity contribution in [2.24, 2.45) is 0 Å². The molecule has 14 heavy (non-hydrogen) atoms. The van der Waals surface area contributed by atoms with E-state index >= 15 is 0 Å². The number of hydrogen-bond acceptors (Lipinski definition) is 2. The Labute approximate surface area is 87.5 Å². The van der Waals surface area contributed by atoms with Crippen LogP contribution in [0.1, 0.15) is 28.9 Å². The smallest absolute Gasteiger partial charge is 0.251 e. The van der Waals surface area contributed by atoms with Crippen LogP contribution >= 0.6 is 11.6 Å². The molecule has 1 N–H and O–H groups in total. The van der Waals surface area contributed by atoms with Crippen LogP contribution in [0.2, 0.25) is 5.15 Å². The first-order valence-corrected chi connectivity index (χ1v) is 4.98. The Morgan fingerprint density at radius 3 is 2.86 bits per heavy atom. The van der Waals surface area contributed by atoms with Crippen molar-refractivity contribution < 1.29 is 4.79 Å². The molecule has 1 aromatic heterocycles. The molecule has 2 rings (SSSR count). The Morgan fingerprint density at radius 2 is 2.29 bits per heavy atom. The molecule has 0 aliphatic heterocycles. The number of aryl methyl sites for hydroxylation is 1. The van der Waals surface area contributed by atoms with Gasteiger partial charge in [0, 0.05) is 17.3 Å². The van der Waals surface area contributed by atoms with Crippen molar-refractivity contribution in [3.8, 4) is 0 Å². The van der Waals surface area contributed by atoms with Gasteiger partial charge in [0.2, 0.25) is 0 Å². The second-order valence-corrected chi connectivity index (χ2v) is 3.95. The summed E-state index contributed by atoms with van der Waals surface area (Å²) in [4.78, 5) is 15.6. The molecule has 0 saturated heterocycles. The summed E-state index contributed by atoms with van der Waals surface area (Å²) in [5, 5.41) is 3.27. The molecule has 1 aromatic rings. The van der Waals surface area contributed by atoms with Gasteiger partial charge in [0.15, 0.2) is 0 Å².